The molecule has 0 bridgehead atoms. The number of alkyl halides is 2. The molecule has 0 aliphatic heterocycles. The van der Waals surface area contributed by atoms with Crippen molar-refractivity contribution in [3.05, 3.63) is 52.3 Å². The van der Waals surface area contributed by atoms with Gasteiger partial charge < -0.3 is 10.1 Å². The lowest BCUT2D eigenvalue weighted by atomic mass is 10.3. The van der Waals surface area contributed by atoms with Crippen molar-refractivity contribution < 1.29 is 18.3 Å². The Morgan fingerprint density at radius 3 is 2.76 bits per heavy atom. The summed E-state index contributed by atoms with van der Waals surface area (Å²) in [6.45, 7) is -3.45. The summed E-state index contributed by atoms with van der Waals surface area (Å²) in [4.78, 5) is 24.3. The number of ether oxygens (including phenoxy) is 1. The molecule has 8 nitrogen and oxygen atoms in total. The van der Waals surface area contributed by atoms with Crippen LogP contribution in [0.15, 0.2) is 46.6 Å². The summed E-state index contributed by atoms with van der Waals surface area (Å²) >= 11 is 1.29. The van der Waals surface area contributed by atoms with Crippen LogP contribution in [0.2, 0.25) is 0 Å². The number of thiophene rings is 1. The zero-order valence-electron chi connectivity index (χ0n) is 12.5. The molecular weight excluding hydrogens is 356 g/mol. The van der Waals surface area contributed by atoms with Gasteiger partial charge in [-0.05, 0) is 40.1 Å². The van der Waals surface area contributed by atoms with Crippen molar-refractivity contribution in [1.82, 2.24) is 19.8 Å². The van der Waals surface area contributed by atoms with Gasteiger partial charge in [-0.3, -0.25) is 4.79 Å². The molecule has 0 spiro atoms. The molecule has 130 valence electrons. The number of tetrazole rings is 1. The first-order valence-corrected chi connectivity index (χ1v) is 7.83. The van der Waals surface area contributed by atoms with Crippen molar-refractivity contribution in [1.29, 1.82) is 0 Å². The lowest BCUT2D eigenvalue weighted by Gasteiger charge is -2.11. The number of aromatic nitrogens is 4. The number of carbonyl (C=O) groups excluding carboxylic acids is 1. The maximum Gasteiger partial charge on any atom is 0.387 e. The van der Waals surface area contributed by atoms with Gasteiger partial charge in [0.2, 0.25) is 5.91 Å². The zero-order chi connectivity index (χ0) is 17.8. The standard InChI is InChI=1S/C14H11F2N5O3S/c15-13(16)24-10-5-2-1-4-9(10)17-11(22)8-20-14(23)21(19-18-20)12-6-3-7-25-12/h1-7,13H,8H2,(H,17,22). The van der Waals surface area contributed by atoms with Crippen LogP contribution in [-0.4, -0.2) is 32.3 Å². The van der Waals surface area contributed by atoms with Gasteiger partial charge in [-0.15, -0.1) is 11.3 Å². The maximum absolute atomic E-state index is 12.4. The summed E-state index contributed by atoms with van der Waals surface area (Å²) in [7, 11) is 0. The van der Waals surface area contributed by atoms with E-state index in [1.54, 1.807) is 23.6 Å². The highest BCUT2D eigenvalue weighted by Crippen LogP contribution is 2.25. The predicted octanol–water partition coefficient (Wildman–Crippen LogP) is 1.73. The second-order valence-corrected chi connectivity index (χ2v) is 5.63. The molecule has 0 aliphatic rings. The van der Waals surface area contributed by atoms with Crippen LogP contribution in [0.4, 0.5) is 14.5 Å². The normalized spacial score (nSPS) is 10.8. The first kappa shape index (κ1) is 16.8. The molecule has 25 heavy (non-hydrogen) atoms. The SMILES string of the molecule is O=C(Cn1nnn(-c2cccs2)c1=O)Nc1ccccc1OC(F)F. The second-order valence-electron chi connectivity index (χ2n) is 4.71. The van der Waals surface area contributed by atoms with Crippen LogP contribution in [0.3, 0.4) is 0 Å². The Bertz CT molecular complexity index is 923. The van der Waals surface area contributed by atoms with Crippen molar-refractivity contribution in [2.24, 2.45) is 0 Å². The number of amides is 1. The van der Waals surface area contributed by atoms with Crippen molar-refractivity contribution >= 4 is 22.9 Å². The van der Waals surface area contributed by atoms with E-state index in [4.69, 9.17) is 0 Å². The number of hydrogen-bond donors (Lipinski definition) is 1. The van der Waals surface area contributed by atoms with Crippen molar-refractivity contribution in [2.75, 3.05) is 5.32 Å². The summed E-state index contributed by atoms with van der Waals surface area (Å²) in [5.74, 6) is -0.814. The van der Waals surface area contributed by atoms with Gasteiger partial charge in [0.25, 0.3) is 0 Å². The molecule has 3 aromatic rings. The molecule has 0 saturated heterocycles. The van der Waals surface area contributed by atoms with Gasteiger partial charge in [0.1, 0.15) is 17.3 Å². The monoisotopic (exact) mass is 367 g/mol. The molecule has 0 aliphatic carbocycles. The van der Waals surface area contributed by atoms with Crippen LogP contribution in [0, 0.1) is 0 Å². The minimum atomic E-state index is -3.02. The Kier molecular flexibility index (Phi) is 4.84. The molecule has 1 N–H and O–H groups in total. The number of nitrogens with one attached hydrogen (secondary N) is 1. The van der Waals surface area contributed by atoms with E-state index in [9.17, 15) is 18.4 Å². The highest BCUT2D eigenvalue weighted by atomic mass is 32.1. The van der Waals surface area contributed by atoms with Crippen LogP contribution in [-0.2, 0) is 11.3 Å². The number of nitrogens with zero attached hydrogens (tertiary/aromatic N) is 4. The Hall–Kier alpha value is -3.08. The lowest BCUT2D eigenvalue weighted by Crippen LogP contribution is -2.29. The van der Waals surface area contributed by atoms with Gasteiger partial charge in [-0.1, -0.05) is 12.1 Å². The Morgan fingerprint density at radius 1 is 1.24 bits per heavy atom. The van der Waals surface area contributed by atoms with Crippen LogP contribution in [0.5, 0.6) is 5.75 Å². The summed E-state index contributed by atoms with van der Waals surface area (Å²) < 4.78 is 31.0. The van der Waals surface area contributed by atoms with Gasteiger partial charge in [0, 0.05) is 0 Å². The number of benzene rings is 1. The average molecular weight is 367 g/mol. The number of anilines is 1. The topological polar surface area (TPSA) is 91.0 Å². The molecule has 2 aromatic heterocycles. The number of halogens is 2. The lowest BCUT2D eigenvalue weighted by molar-refractivity contribution is -0.117. The molecule has 2 heterocycles. The summed E-state index contributed by atoms with van der Waals surface area (Å²) in [6.07, 6.45) is 0. The molecule has 11 heteroatoms. The maximum atomic E-state index is 12.4. The molecule has 0 unspecified atom stereocenters. The van der Waals surface area contributed by atoms with E-state index in [1.807, 2.05) is 0 Å². The van der Waals surface area contributed by atoms with E-state index >= 15 is 0 Å². The Balaban J connectivity index is 1.73. The van der Waals surface area contributed by atoms with E-state index in [1.165, 1.54) is 29.5 Å². The number of hydrogen-bond acceptors (Lipinski definition) is 6. The number of para-hydroxylation sites is 2. The van der Waals surface area contributed by atoms with Gasteiger partial charge in [0.15, 0.2) is 0 Å². The van der Waals surface area contributed by atoms with E-state index in [-0.39, 0.29) is 11.4 Å². The molecule has 1 amide bonds. The first-order valence-electron chi connectivity index (χ1n) is 6.95. The highest BCUT2D eigenvalue weighted by molar-refractivity contribution is 7.12. The third kappa shape index (κ3) is 3.88. The predicted molar refractivity (Wildman–Crippen MR) is 85.2 cm³/mol. The van der Waals surface area contributed by atoms with Crippen LogP contribution in [0.25, 0.3) is 5.00 Å². The van der Waals surface area contributed by atoms with Crippen molar-refractivity contribution in [2.45, 2.75) is 13.2 Å². The number of carbonyl (C=O) groups is 1. The zero-order valence-corrected chi connectivity index (χ0v) is 13.3. The van der Waals surface area contributed by atoms with Crippen molar-refractivity contribution in [3.63, 3.8) is 0 Å². The van der Waals surface area contributed by atoms with Crippen molar-refractivity contribution in [3.8, 4) is 10.8 Å². The third-order valence-electron chi connectivity index (χ3n) is 3.02. The van der Waals surface area contributed by atoms with E-state index in [2.05, 4.69) is 20.5 Å². The second kappa shape index (κ2) is 7.21. The average Bonchev–Trinajstić information content (AvgIpc) is 3.20. The Labute approximate surface area is 143 Å². The van der Waals surface area contributed by atoms with Crippen LogP contribution < -0.4 is 15.7 Å². The van der Waals surface area contributed by atoms with E-state index < -0.39 is 24.8 Å². The molecule has 0 fully saturated rings. The fraction of sp³-hybridized carbons (Fsp3) is 0.143. The minimum Gasteiger partial charge on any atom is -0.433 e. The summed E-state index contributed by atoms with van der Waals surface area (Å²) in [6, 6.07) is 9.17. The number of rotatable bonds is 6. The molecule has 1 aromatic carbocycles. The fourth-order valence-corrected chi connectivity index (χ4v) is 2.66. The molecule has 0 radical (unpaired) electrons. The Morgan fingerprint density at radius 2 is 2.04 bits per heavy atom. The molecular formula is C14H11F2N5O3S. The van der Waals surface area contributed by atoms with Crippen LogP contribution >= 0.6 is 11.3 Å². The fourth-order valence-electron chi connectivity index (χ4n) is 2.00. The molecule has 0 atom stereocenters. The van der Waals surface area contributed by atoms with E-state index in [0.717, 1.165) is 9.36 Å². The summed E-state index contributed by atoms with van der Waals surface area (Å²) in [5, 5.41) is 12.1. The quantitative estimate of drug-likeness (QED) is 0.717. The smallest absolute Gasteiger partial charge is 0.387 e. The third-order valence-corrected chi connectivity index (χ3v) is 3.87. The van der Waals surface area contributed by atoms with Gasteiger partial charge in [-0.2, -0.15) is 18.1 Å². The summed E-state index contributed by atoms with van der Waals surface area (Å²) in [5.41, 5.74) is -0.527. The minimum absolute atomic E-state index is 0.0616. The molecule has 3 rings (SSSR count). The van der Waals surface area contributed by atoms with Crippen LogP contribution in [0.1, 0.15) is 0 Å². The van der Waals surface area contributed by atoms with Gasteiger partial charge >= 0.3 is 12.3 Å². The first-order chi connectivity index (χ1) is 12.0. The van der Waals surface area contributed by atoms with Gasteiger partial charge in [-0.25, -0.2) is 4.79 Å². The van der Waals surface area contributed by atoms with Gasteiger partial charge in [0.05, 0.1) is 5.69 Å². The molecule has 0 saturated carbocycles. The largest absolute Gasteiger partial charge is 0.433 e. The highest BCUT2D eigenvalue weighted by Gasteiger charge is 2.15. The van der Waals surface area contributed by atoms with E-state index in [0.29, 0.717) is 5.00 Å².